The summed E-state index contributed by atoms with van der Waals surface area (Å²) in [4.78, 5) is 28.4. The van der Waals surface area contributed by atoms with Gasteiger partial charge in [-0.15, -0.1) is 11.3 Å². The number of aryl methyl sites for hydroxylation is 1. The Morgan fingerprint density at radius 3 is 2.65 bits per heavy atom. The number of nitro groups is 1. The second kappa shape index (κ2) is 7.63. The number of benzene rings is 2. The van der Waals surface area contributed by atoms with E-state index in [2.05, 4.69) is 10.3 Å². The van der Waals surface area contributed by atoms with E-state index in [0.29, 0.717) is 5.13 Å². The fourth-order valence-electron chi connectivity index (χ4n) is 2.43. The third kappa shape index (κ3) is 3.74. The molecular weight excluding hydrogens is 374 g/mol. The summed E-state index contributed by atoms with van der Waals surface area (Å²) in [5.74, 6) is -0.471. The third-order valence-corrected chi connectivity index (χ3v) is 5.13. The molecule has 0 fully saturated rings. The zero-order valence-electron chi connectivity index (χ0n) is 13.7. The van der Waals surface area contributed by atoms with Gasteiger partial charge < -0.3 is 0 Å². The predicted molar refractivity (Wildman–Crippen MR) is 103 cm³/mol. The standard InChI is InChI=1S/C18H14ClN3O3S/c1-2-15-16(11-6-4-3-5-7-11)20-18(26-15)21-17(23)12-8-9-13(19)14(10-12)22(24)25/h3-10H,2H2,1H3,(H,20,21,23). The first-order valence-electron chi connectivity index (χ1n) is 7.80. The molecule has 0 unspecified atom stereocenters. The molecule has 6 nitrogen and oxygen atoms in total. The number of hydrogen-bond donors (Lipinski definition) is 1. The number of carbonyl (C=O) groups is 1. The Labute approximate surface area is 158 Å². The number of anilines is 1. The lowest BCUT2D eigenvalue weighted by Crippen LogP contribution is -2.12. The van der Waals surface area contributed by atoms with Crippen molar-refractivity contribution >= 4 is 39.7 Å². The SMILES string of the molecule is CCc1sc(NC(=O)c2ccc(Cl)c([N+](=O)[O-])c2)nc1-c1ccccc1. The molecule has 132 valence electrons. The summed E-state index contributed by atoms with van der Waals surface area (Å²) in [7, 11) is 0. The van der Waals surface area contributed by atoms with Gasteiger partial charge in [0, 0.05) is 22.1 Å². The Morgan fingerprint density at radius 1 is 1.27 bits per heavy atom. The van der Waals surface area contributed by atoms with Crippen molar-refractivity contribution in [2.45, 2.75) is 13.3 Å². The lowest BCUT2D eigenvalue weighted by molar-refractivity contribution is -0.384. The molecule has 3 rings (SSSR count). The molecule has 1 aromatic heterocycles. The lowest BCUT2D eigenvalue weighted by Gasteiger charge is -2.02. The maximum absolute atomic E-state index is 12.4. The molecule has 0 aliphatic heterocycles. The van der Waals surface area contributed by atoms with Crippen LogP contribution in [0.3, 0.4) is 0 Å². The number of carbonyl (C=O) groups excluding carboxylic acids is 1. The summed E-state index contributed by atoms with van der Waals surface area (Å²) in [5, 5.41) is 14.1. The quantitative estimate of drug-likeness (QED) is 0.482. The molecule has 1 heterocycles. The van der Waals surface area contributed by atoms with Crippen molar-refractivity contribution < 1.29 is 9.72 Å². The normalized spacial score (nSPS) is 10.5. The van der Waals surface area contributed by atoms with Crippen LogP contribution in [0.15, 0.2) is 48.5 Å². The maximum atomic E-state index is 12.4. The van der Waals surface area contributed by atoms with Gasteiger partial charge in [0.25, 0.3) is 11.6 Å². The lowest BCUT2D eigenvalue weighted by atomic mass is 10.1. The number of nitrogens with one attached hydrogen (secondary N) is 1. The van der Waals surface area contributed by atoms with Crippen LogP contribution in [0.5, 0.6) is 0 Å². The Morgan fingerprint density at radius 2 is 2.00 bits per heavy atom. The van der Waals surface area contributed by atoms with Crippen LogP contribution < -0.4 is 5.32 Å². The van der Waals surface area contributed by atoms with Crippen LogP contribution in [-0.4, -0.2) is 15.8 Å². The Balaban J connectivity index is 1.88. The van der Waals surface area contributed by atoms with E-state index < -0.39 is 10.8 Å². The van der Waals surface area contributed by atoms with Crippen molar-refractivity contribution in [3.63, 3.8) is 0 Å². The Kier molecular flexibility index (Phi) is 5.29. The van der Waals surface area contributed by atoms with Gasteiger partial charge in [-0.2, -0.15) is 0 Å². The number of amides is 1. The molecule has 0 saturated heterocycles. The molecule has 3 aromatic rings. The zero-order valence-corrected chi connectivity index (χ0v) is 15.3. The highest BCUT2D eigenvalue weighted by molar-refractivity contribution is 7.16. The highest BCUT2D eigenvalue weighted by Crippen LogP contribution is 2.32. The molecular formula is C18H14ClN3O3S. The summed E-state index contributed by atoms with van der Waals surface area (Å²) in [6.45, 7) is 2.02. The molecule has 0 bridgehead atoms. The number of nitro benzene ring substituents is 1. The fourth-order valence-corrected chi connectivity index (χ4v) is 3.53. The number of thiazole rings is 1. The van der Waals surface area contributed by atoms with Crippen LogP contribution in [0.2, 0.25) is 5.02 Å². The molecule has 0 saturated carbocycles. The maximum Gasteiger partial charge on any atom is 0.288 e. The van der Waals surface area contributed by atoms with E-state index in [-0.39, 0.29) is 16.3 Å². The van der Waals surface area contributed by atoms with Gasteiger partial charge in [-0.3, -0.25) is 20.2 Å². The number of halogens is 1. The van der Waals surface area contributed by atoms with E-state index in [1.165, 1.54) is 23.5 Å². The first kappa shape index (κ1) is 18.0. The molecule has 8 heteroatoms. The minimum Gasteiger partial charge on any atom is -0.298 e. The average Bonchev–Trinajstić information content (AvgIpc) is 3.05. The van der Waals surface area contributed by atoms with Gasteiger partial charge in [-0.25, -0.2) is 4.98 Å². The fraction of sp³-hybridized carbons (Fsp3) is 0.111. The van der Waals surface area contributed by atoms with Gasteiger partial charge in [0.15, 0.2) is 5.13 Å². The summed E-state index contributed by atoms with van der Waals surface area (Å²) in [5.41, 5.74) is 1.65. The number of aromatic nitrogens is 1. The monoisotopic (exact) mass is 387 g/mol. The average molecular weight is 388 g/mol. The molecule has 0 spiro atoms. The van der Waals surface area contributed by atoms with Gasteiger partial charge in [0.1, 0.15) is 5.02 Å². The Hall–Kier alpha value is -2.77. The third-order valence-electron chi connectivity index (χ3n) is 3.69. The van der Waals surface area contributed by atoms with Crippen LogP contribution in [-0.2, 0) is 6.42 Å². The molecule has 26 heavy (non-hydrogen) atoms. The van der Waals surface area contributed by atoms with Crippen LogP contribution in [0.4, 0.5) is 10.8 Å². The minimum absolute atomic E-state index is 0.0135. The van der Waals surface area contributed by atoms with Gasteiger partial charge in [-0.05, 0) is 18.6 Å². The van der Waals surface area contributed by atoms with E-state index in [1.807, 2.05) is 37.3 Å². The van der Waals surface area contributed by atoms with Crippen molar-refractivity contribution in [1.29, 1.82) is 0 Å². The van der Waals surface area contributed by atoms with E-state index in [0.717, 1.165) is 28.6 Å². The molecule has 1 N–H and O–H groups in total. The summed E-state index contributed by atoms with van der Waals surface area (Å²) >= 11 is 7.17. The number of rotatable bonds is 5. The first-order valence-corrected chi connectivity index (χ1v) is 8.99. The molecule has 0 aliphatic rings. The van der Waals surface area contributed by atoms with Crippen LogP contribution in [0.1, 0.15) is 22.2 Å². The van der Waals surface area contributed by atoms with E-state index >= 15 is 0 Å². The van der Waals surface area contributed by atoms with Crippen LogP contribution >= 0.6 is 22.9 Å². The minimum atomic E-state index is -0.620. The van der Waals surface area contributed by atoms with E-state index in [1.54, 1.807) is 0 Å². The molecule has 0 atom stereocenters. The van der Waals surface area contributed by atoms with Gasteiger partial charge in [0.05, 0.1) is 10.6 Å². The number of nitrogens with zero attached hydrogens (tertiary/aromatic N) is 2. The highest BCUT2D eigenvalue weighted by atomic mass is 35.5. The van der Waals surface area contributed by atoms with Gasteiger partial charge >= 0.3 is 0 Å². The van der Waals surface area contributed by atoms with Crippen molar-refractivity contribution in [1.82, 2.24) is 4.98 Å². The Bertz CT molecular complexity index is 973. The molecule has 0 aliphatic carbocycles. The highest BCUT2D eigenvalue weighted by Gasteiger charge is 2.18. The second-order valence-electron chi connectivity index (χ2n) is 5.39. The largest absolute Gasteiger partial charge is 0.298 e. The zero-order chi connectivity index (χ0) is 18.7. The molecule has 2 aromatic carbocycles. The summed E-state index contributed by atoms with van der Waals surface area (Å²) < 4.78 is 0. The van der Waals surface area contributed by atoms with Crippen LogP contribution in [0.25, 0.3) is 11.3 Å². The van der Waals surface area contributed by atoms with Crippen molar-refractivity contribution in [3.05, 3.63) is 74.1 Å². The van der Waals surface area contributed by atoms with E-state index in [9.17, 15) is 14.9 Å². The smallest absolute Gasteiger partial charge is 0.288 e. The summed E-state index contributed by atoms with van der Waals surface area (Å²) in [6.07, 6.45) is 0.782. The number of hydrogen-bond acceptors (Lipinski definition) is 5. The molecule has 1 amide bonds. The first-order chi connectivity index (χ1) is 12.5. The van der Waals surface area contributed by atoms with Crippen molar-refractivity contribution in [3.8, 4) is 11.3 Å². The van der Waals surface area contributed by atoms with Gasteiger partial charge in [0.2, 0.25) is 0 Å². The second-order valence-corrected chi connectivity index (χ2v) is 6.88. The molecule has 0 radical (unpaired) electrons. The summed E-state index contributed by atoms with van der Waals surface area (Å²) in [6, 6.07) is 13.6. The topological polar surface area (TPSA) is 85.1 Å². The van der Waals surface area contributed by atoms with E-state index in [4.69, 9.17) is 11.6 Å². The predicted octanol–water partition coefficient (Wildman–Crippen LogP) is 5.19. The van der Waals surface area contributed by atoms with Crippen molar-refractivity contribution in [2.24, 2.45) is 0 Å². The van der Waals surface area contributed by atoms with Gasteiger partial charge in [-0.1, -0.05) is 48.9 Å². The van der Waals surface area contributed by atoms with Crippen LogP contribution in [0, 0.1) is 10.1 Å². The van der Waals surface area contributed by atoms with Crippen molar-refractivity contribution in [2.75, 3.05) is 5.32 Å².